The molecule has 0 aliphatic heterocycles. The van der Waals surface area contributed by atoms with E-state index in [1.165, 1.54) is 25.7 Å². The van der Waals surface area contributed by atoms with Crippen LogP contribution in [0.5, 0.6) is 0 Å². The average molecular weight is 281 g/mol. The molecule has 2 rings (SSSR count). The van der Waals surface area contributed by atoms with Gasteiger partial charge in [-0.1, -0.05) is 55.5 Å². The van der Waals surface area contributed by atoms with Crippen LogP contribution in [0.1, 0.15) is 44.1 Å². The first kappa shape index (κ1) is 14.2. The zero-order valence-corrected chi connectivity index (χ0v) is 11.9. The van der Waals surface area contributed by atoms with Crippen molar-refractivity contribution >= 4 is 17.6 Å². The molecule has 0 radical (unpaired) electrons. The van der Waals surface area contributed by atoms with Crippen molar-refractivity contribution in [3.63, 3.8) is 0 Å². The molecule has 3 nitrogen and oxygen atoms in total. The minimum absolute atomic E-state index is 0.0909. The average Bonchev–Trinajstić information content (AvgIpc) is 2.66. The minimum Gasteiger partial charge on any atom is -0.335 e. The Hall–Kier alpha value is -1.22. The normalized spacial score (nSPS) is 16.7. The highest BCUT2D eigenvalue weighted by Crippen LogP contribution is 2.17. The third kappa shape index (κ3) is 4.75. The van der Waals surface area contributed by atoms with E-state index < -0.39 is 0 Å². The van der Waals surface area contributed by atoms with Gasteiger partial charge in [0, 0.05) is 17.6 Å². The molecule has 19 heavy (non-hydrogen) atoms. The lowest BCUT2D eigenvalue weighted by atomic mass is 10.1. The Bertz CT molecular complexity index is 414. The molecule has 2 amide bonds. The van der Waals surface area contributed by atoms with E-state index in [1.807, 2.05) is 24.3 Å². The second-order valence-electron chi connectivity index (χ2n) is 5.11. The van der Waals surface area contributed by atoms with Gasteiger partial charge in [-0.05, 0) is 24.5 Å². The van der Waals surface area contributed by atoms with Crippen LogP contribution in [0, 0.1) is 0 Å². The molecule has 4 heteroatoms. The van der Waals surface area contributed by atoms with E-state index in [9.17, 15) is 4.79 Å². The Labute approximate surface area is 119 Å². The number of urea groups is 1. The summed E-state index contributed by atoms with van der Waals surface area (Å²) in [5.41, 5.74) is 0.945. The Morgan fingerprint density at radius 3 is 2.53 bits per heavy atom. The molecule has 1 saturated carbocycles. The van der Waals surface area contributed by atoms with Crippen molar-refractivity contribution in [1.82, 2.24) is 10.6 Å². The topological polar surface area (TPSA) is 41.1 Å². The molecule has 0 unspecified atom stereocenters. The van der Waals surface area contributed by atoms with Crippen molar-refractivity contribution in [3.8, 4) is 0 Å². The van der Waals surface area contributed by atoms with Crippen LogP contribution in [0.3, 0.4) is 0 Å². The van der Waals surface area contributed by atoms with Crippen LogP contribution < -0.4 is 10.6 Å². The summed E-state index contributed by atoms with van der Waals surface area (Å²) in [6.45, 7) is 0.470. The van der Waals surface area contributed by atoms with E-state index in [2.05, 4.69) is 10.6 Å². The monoisotopic (exact) mass is 280 g/mol. The van der Waals surface area contributed by atoms with Gasteiger partial charge in [0.2, 0.25) is 0 Å². The van der Waals surface area contributed by atoms with Gasteiger partial charge >= 0.3 is 6.03 Å². The third-order valence-corrected chi connectivity index (χ3v) is 3.96. The molecular formula is C15H21ClN2O. The number of nitrogens with one attached hydrogen (secondary N) is 2. The second kappa shape index (κ2) is 7.39. The van der Waals surface area contributed by atoms with Gasteiger partial charge in [0.25, 0.3) is 0 Å². The number of halogens is 1. The molecule has 0 aromatic heterocycles. The van der Waals surface area contributed by atoms with Crippen LogP contribution in [-0.2, 0) is 6.54 Å². The highest BCUT2D eigenvalue weighted by atomic mass is 35.5. The number of benzene rings is 1. The quantitative estimate of drug-likeness (QED) is 0.811. The van der Waals surface area contributed by atoms with Crippen LogP contribution >= 0.6 is 11.6 Å². The van der Waals surface area contributed by atoms with Gasteiger partial charge in [-0.2, -0.15) is 0 Å². The number of hydrogen-bond acceptors (Lipinski definition) is 1. The number of amides is 2. The lowest BCUT2D eigenvalue weighted by Gasteiger charge is -2.17. The standard InChI is InChI=1S/C15H21ClN2O/c16-14-10-6-5-7-12(14)11-17-15(19)18-13-8-3-1-2-4-9-13/h5-7,10,13H,1-4,8-9,11H2,(H2,17,18,19). The number of rotatable bonds is 3. The first-order valence-corrected chi connectivity index (χ1v) is 7.41. The first-order valence-electron chi connectivity index (χ1n) is 7.03. The van der Waals surface area contributed by atoms with Crippen molar-refractivity contribution in [2.45, 2.75) is 51.1 Å². The summed E-state index contributed by atoms with van der Waals surface area (Å²) in [7, 11) is 0. The lowest BCUT2D eigenvalue weighted by molar-refractivity contribution is 0.235. The molecule has 0 heterocycles. The highest BCUT2D eigenvalue weighted by Gasteiger charge is 2.14. The fraction of sp³-hybridized carbons (Fsp3) is 0.533. The van der Waals surface area contributed by atoms with E-state index >= 15 is 0 Å². The lowest BCUT2D eigenvalue weighted by Crippen LogP contribution is -2.41. The van der Waals surface area contributed by atoms with E-state index in [4.69, 9.17) is 11.6 Å². The molecule has 2 N–H and O–H groups in total. The van der Waals surface area contributed by atoms with Crippen molar-refractivity contribution in [3.05, 3.63) is 34.9 Å². The number of carbonyl (C=O) groups excluding carboxylic acids is 1. The SMILES string of the molecule is O=C(NCc1ccccc1Cl)NC1CCCCCC1. The summed E-state index contributed by atoms with van der Waals surface area (Å²) in [5.74, 6) is 0. The summed E-state index contributed by atoms with van der Waals surface area (Å²) < 4.78 is 0. The van der Waals surface area contributed by atoms with Gasteiger partial charge in [-0.3, -0.25) is 0 Å². The predicted octanol–water partition coefficient (Wildman–Crippen LogP) is 3.86. The molecule has 0 atom stereocenters. The number of hydrogen-bond donors (Lipinski definition) is 2. The fourth-order valence-electron chi connectivity index (χ4n) is 2.48. The Kier molecular flexibility index (Phi) is 5.52. The van der Waals surface area contributed by atoms with Crippen LogP contribution in [0.4, 0.5) is 4.79 Å². The van der Waals surface area contributed by atoms with Crippen molar-refractivity contribution in [1.29, 1.82) is 0 Å². The summed E-state index contributed by atoms with van der Waals surface area (Å²) in [6, 6.07) is 7.81. The zero-order chi connectivity index (χ0) is 13.5. The van der Waals surface area contributed by atoms with E-state index in [1.54, 1.807) is 0 Å². The second-order valence-corrected chi connectivity index (χ2v) is 5.51. The molecule has 0 bridgehead atoms. The van der Waals surface area contributed by atoms with E-state index in [-0.39, 0.29) is 6.03 Å². The fourth-order valence-corrected chi connectivity index (χ4v) is 2.68. The molecule has 1 aromatic rings. The van der Waals surface area contributed by atoms with Crippen LogP contribution in [0.15, 0.2) is 24.3 Å². The third-order valence-electron chi connectivity index (χ3n) is 3.59. The van der Waals surface area contributed by atoms with Crippen molar-refractivity contribution in [2.24, 2.45) is 0 Å². The minimum atomic E-state index is -0.0909. The summed E-state index contributed by atoms with van der Waals surface area (Å²) in [5, 5.41) is 6.62. The molecule has 1 aliphatic carbocycles. The molecule has 104 valence electrons. The first-order chi connectivity index (χ1) is 9.25. The van der Waals surface area contributed by atoms with Gasteiger partial charge in [0.15, 0.2) is 0 Å². The Morgan fingerprint density at radius 2 is 1.84 bits per heavy atom. The van der Waals surface area contributed by atoms with E-state index in [0.29, 0.717) is 17.6 Å². The van der Waals surface area contributed by atoms with Crippen LogP contribution in [0.2, 0.25) is 5.02 Å². The van der Waals surface area contributed by atoms with Crippen molar-refractivity contribution < 1.29 is 4.79 Å². The van der Waals surface area contributed by atoms with Crippen LogP contribution in [-0.4, -0.2) is 12.1 Å². The maximum Gasteiger partial charge on any atom is 0.315 e. The van der Waals surface area contributed by atoms with Crippen LogP contribution in [0.25, 0.3) is 0 Å². The Morgan fingerprint density at radius 1 is 1.16 bits per heavy atom. The van der Waals surface area contributed by atoms with Gasteiger partial charge in [0.1, 0.15) is 0 Å². The van der Waals surface area contributed by atoms with E-state index in [0.717, 1.165) is 18.4 Å². The molecule has 1 fully saturated rings. The Balaban J connectivity index is 1.76. The largest absolute Gasteiger partial charge is 0.335 e. The predicted molar refractivity (Wildman–Crippen MR) is 78.3 cm³/mol. The maximum atomic E-state index is 11.8. The van der Waals surface area contributed by atoms with Crippen molar-refractivity contribution in [2.75, 3.05) is 0 Å². The summed E-state index contributed by atoms with van der Waals surface area (Å²) >= 11 is 6.05. The maximum absolute atomic E-state index is 11.8. The molecule has 1 aromatic carbocycles. The number of carbonyl (C=O) groups is 1. The summed E-state index contributed by atoms with van der Waals surface area (Å²) in [4.78, 5) is 11.8. The molecule has 0 spiro atoms. The molecule has 0 saturated heterocycles. The molecular weight excluding hydrogens is 260 g/mol. The summed E-state index contributed by atoms with van der Waals surface area (Å²) in [6.07, 6.45) is 7.21. The van der Waals surface area contributed by atoms with Gasteiger partial charge in [-0.25, -0.2) is 4.79 Å². The molecule has 1 aliphatic rings. The van der Waals surface area contributed by atoms with Gasteiger partial charge < -0.3 is 10.6 Å². The van der Waals surface area contributed by atoms with Gasteiger partial charge in [-0.15, -0.1) is 0 Å². The van der Waals surface area contributed by atoms with Gasteiger partial charge in [0.05, 0.1) is 0 Å². The smallest absolute Gasteiger partial charge is 0.315 e. The zero-order valence-electron chi connectivity index (χ0n) is 11.1. The highest BCUT2D eigenvalue weighted by molar-refractivity contribution is 6.31.